The van der Waals surface area contributed by atoms with Crippen LogP contribution >= 0.6 is 0 Å². The van der Waals surface area contributed by atoms with Crippen molar-refractivity contribution in [2.45, 2.75) is 32.2 Å². The minimum atomic E-state index is -0.367. The fourth-order valence-corrected chi connectivity index (χ4v) is 4.57. The van der Waals surface area contributed by atoms with Crippen LogP contribution in [0.25, 0.3) is 0 Å². The van der Waals surface area contributed by atoms with Crippen LogP contribution in [0.1, 0.15) is 30.4 Å². The second-order valence-corrected chi connectivity index (χ2v) is 7.98. The molecule has 0 N–H and O–H groups in total. The number of hydrogen-bond acceptors (Lipinski definition) is 4. The number of carbonyl (C=O) groups is 1. The van der Waals surface area contributed by atoms with E-state index in [-0.39, 0.29) is 16.0 Å². The summed E-state index contributed by atoms with van der Waals surface area (Å²) >= 11 is 0. The van der Waals surface area contributed by atoms with E-state index in [4.69, 9.17) is 0 Å². The lowest BCUT2D eigenvalue weighted by Crippen LogP contribution is -2.46. The van der Waals surface area contributed by atoms with Gasteiger partial charge in [-0.15, -0.1) is 0 Å². The van der Waals surface area contributed by atoms with Crippen molar-refractivity contribution in [3.8, 4) is 0 Å². The van der Waals surface area contributed by atoms with E-state index in [1.54, 1.807) is 12.1 Å². The van der Waals surface area contributed by atoms with Gasteiger partial charge in [0, 0.05) is 50.0 Å². The van der Waals surface area contributed by atoms with Crippen molar-refractivity contribution in [3.05, 3.63) is 87.5 Å². The van der Waals surface area contributed by atoms with Crippen LogP contribution in [0.5, 0.6) is 0 Å². The first-order chi connectivity index (χ1) is 13.5. The molecule has 1 fully saturated rings. The second-order valence-electron chi connectivity index (χ2n) is 7.98. The summed E-state index contributed by atoms with van der Waals surface area (Å²) in [6.07, 6.45) is 5.32. The van der Waals surface area contributed by atoms with E-state index in [9.17, 15) is 14.9 Å². The molecule has 1 unspecified atom stereocenters. The van der Waals surface area contributed by atoms with E-state index in [1.165, 1.54) is 11.1 Å². The number of ketones is 1. The highest BCUT2D eigenvalue weighted by Crippen LogP contribution is 2.45. The van der Waals surface area contributed by atoms with Gasteiger partial charge in [-0.1, -0.05) is 54.1 Å². The Kier molecular flexibility index (Phi) is 5.09. The molecule has 0 radical (unpaired) electrons. The lowest BCUT2D eigenvalue weighted by atomic mass is 9.65. The van der Waals surface area contributed by atoms with Gasteiger partial charge in [0.1, 0.15) is 5.78 Å². The third-order valence-corrected chi connectivity index (χ3v) is 6.01. The molecular formula is C23H24N2O3. The van der Waals surface area contributed by atoms with Crippen LogP contribution < -0.4 is 0 Å². The zero-order valence-electron chi connectivity index (χ0n) is 15.8. The quantitative estimate of drug-likeness (QED) is 0.443. The molecule has 2 aromatic rings. The minimum absolute atomic E-state index is 0.00822. The Morgan fingerprint density at radius 3 is 2.50 bits per heavy atom. The van der Waals surface area contributed by atoms with Gasteiger partial charge in [0.05, 0.1) is 4.92 Å². The number of carbonyl (C=O) groups excluding carboxylic acids is 1. The number of Topliss-reactive ketones (excluding diaryl/α,β-unsaturated/α-hetero) is 1. The Bertz CT molecular complexity index is 905. The number of nitro benzene ring substituents is 1. The average Bonchev–Trinajstić information content (AvgIpc) is 2.70. The van der Waals surface area contributed by atoms with Crippen LogP contribution in [0.2, 0.25) is 0 Å². The van der Waals surface area contributed by atoms with Gasteiger partial charge in [-0.05, 0) is 24.0 Å². The van der Waals surface area contributed by atoms with E-state index in [2.05, 4.69) is 35.2 Å². The summed E-state index contributed by atoms with van der Waals surface area (Å²) in [7, 11) is 0. The van der Waals surface area contributed by atoms with Crippen molar-refractivity contribution in [2.24, 2.45) is 5.41 Å². The van der Waals surface area contributed by atoms with Gasteiger partial charge >= 0.3 is 0 Å². The van der Waals surface area contributed by atoms with Crippen LogP contribution in [0, 0.1) is 15.5 Å². The van der Waals surface area contributed by atoms with Crippen LogP contribution in [0.15, 0.2) is 66.2 Å². The van der Waals surface area contributed by atoms with E-state index in [1.807, 2.05) is 18.2 Å². The molecule has 5 heteroatoms. The summed E-state index contributed by atoms with van der Waals surface area (Å²) < 4.78 is 0. The van der Waals surface area contributed by atoms with Crippen LogP contribution in [-0.2, 0) is 17.8 Å². The molecule has 1 aliphatic heterocycles. The monoisotopic (exact) mass is 376 g/mol. The van der Waals surface area contributed by atoms with Gasteiger partial charge in [-0.25, -0.2) is 0 Å². The number of rotatable bonds is 5. The van der Waals surface area contributed by atoms with Gasteiger partial charge in [-0.3, -0.25) is 19.8 Å². The molecule has 2 aliphatic rings. The van der Waals surface area contributed by atoms with Crippen molar-refractivity contribution in [1.82, 2.24) is 4.90 Å². The average molecular weight is 376 g/mol. The summed E-state index contributed by atoms with van der Waals surface area (Å²) in [5.74, 6) is 0.346. The van der Waals surface area contributed by atoms with Gasteiger partial charge < -0.3 is 0 Å². The number of nitro groups is 1. The van der Waals surface area contributed by atoms with E-state index in [0.29, 0.717) is 18.6 Å². The summed E-state index contributed by atoms with van der Waals surface area (Å²) in [5.41, 5.74) is 3.81. The Morgan fingerprint density at radius 1 is 1.04 bits per heavy atom. The van der Waals surface area contributed by atoms with Crippen molar-refractivity contribution in [2.75, 3.05) is 13.1 Å². The molecule has 144 valence electrons. The fourth-order valence-electron chi connectivity index (χ4n) is 4.57. The molecule has 0 amide bonds. The number of nitrogens with zero attached hydrogens (tertiary/aromatic N) is 2. The van der Waals surface area contributed by atoms with Crippen LogP contribution in [0.3, 0.4) is 0 Å². The first-order valence-electron chi connectivity index (χ1n) is 9.75. The summed E-state index contributed by atoms with van der Waals surface area (Å²) in [5, 5.41) is 10.9. The Morgan fingerprint density at radius 2 is 1.79 bits per heavy atom. The highest BCUT2D eigenvalue weighted by molar-refractivity contribution is 5.82. The minimum Gasteiger partial charge on any atom is -0.299 e. The normalized spacial score (nSPS) is 22.4. The molecule has 4 rings (SSSR count). The third kappa shape index (κ3) is 3.90. The standard InChI is InChI=1S/C23H24N2O3/c26-22-10-12-23(15-18-4-2-1-3-5-18)17-24(13-11-20(23)14-22)16-19-6-8-21(9-7-19)25(27)28/h1-9,11H,10,12-17H2. The maximum Gasteiger partial charge on any atom is 0.269 e. The van der Waals surface area contributed by atoms with Gasteiger partial charge in [-0.2, -0.15) is 0 Å². The van der Waals surface area contributed by atoms with Gasteiger partial charge in [0.15, 0.2) is 0 Å². The lowest BCUT2D eigenvalue weighted by molar-refractivity contribution is -0.384. The molecule has 2 aromatic carbocycles. The largest absolute Gasteiger partial charge is 0.299 e. The first-order valence-corrected chi connectivity index (χ1v) is 9.75. The molecular weight excluding hydrogens is 352 g/mol. The van der Waals surface area contributed by atoms with Crippen molar-refractivity contribution >= 4 is 11.5 Å². The lowest BCUT2D eigenvalue weighted by Gasteiger charge is -2.46. The molecule has 1 saturated carbocycles. The van der Waals surface area contributed by atoms with Crippen molar-refractivity contribution in [3.63, 3.8) is 0 Å². The summed E-state index contributed by atoms with van der Waals surface area (Å²) in [4.78, 5) is 24.9. The van der Waals surface area contributed by atoms with E-state index in [0.717, 1.165) is 38.0 Å². The molecule has 0 aromatic heterocycles. The Hall–Kier alpha value is -2.79. The number of benzene rings is 2. The molecule has 0 saturated heterocycles. The first kappa shape index (κ1) is 18.6. The zero-order chi connectivity index (χ0) is 19.6. The number of fused-ring (bicyclic) bond motifs is 1. The number of hydrogen-bond donors (Lipinski definition) is 0. The molecule has 0 spiro atoms. The Labute approximate surface area is 164 Å². The predicted octanol–water partition coefficient (Wildman–Crippen LogP) is 4.32. The molecule has 28 heavy (non-hydrogen) atoms. The zero-order valence-corrected chi connectivity index (χ0v) is 15.8. The third-order valence-electron chi connectivity index (χ3n) is 6.01. The van der Waals surface area contributed by atoms with Crippen molar-refractivity contribution in [1.29, 1.82) is 0 Å². The highest BCUT2D eigenvalue weighted by atomic mass is 16.6. The highest BCUT2D eigenvalue weighted by Gasteiger charge is 2.42. The van der Waals surface area contributed by atoms with E-state index < -0.39 is 0 Å². The van der Waals surface area contributed by atoms with Crippen LogP contribution in [0.4, 0.5) is 5.69 Å². The molecule has 1 aliphatic carbocycles. The molecule has 0 bridgehead atoms. The van der Waals surface area contributed by atoms with Gasteiger partial charge in [0.25, 0.3) is 5.69 Å². The smallest absolute Gasteiger partial charge is 0.269 e. The summed E-state index contributed by atoms with van der Waals surface area (Å²) in [6.45, 7) is 2.49. The van der Waals surface area contributed by atoms with Crippen molar-refractivity contribution < 1.29 is 9.72 Å². The van der Waals surface area contributed by atoms with E-state index >= 15 is 0 Å². The predicted molar refractivity (Wildman–Crippen MR) is 108 cm³/mol. The maximum absolute atomic E-state index is 12.1. The SMILES string of the molecule is O=C1CCC2(Cc3ccccc3)CN(Cc3ccc([N+](=O)[O-])cc3)CC=C2C1. The maximum atomic E-state index is 12.1. The molecule has 5 nitrogen and oxygen atoms in total. The summed E-state index contributed by atoms with van der Waals surface area (Å²) in [6, 6.07) is 17.3. The topological polar surface area (TPSA) is 63.5 Å². The van der Waals surface area contributed by atoms with Gasteiger partial charge in [0.2, 0.25) is 0 Å². The Balaban J connectivity index is 1.55. The number of non-ortho nitro benzene ring substituents is 1. The molecule has 1 atom stereocenters. The fraction of sp³-hybridized carbons (Fsp3) is 0.348. The second kappa shape index (κ2) is 7.68. The van der Waals surface area contributed by atoms with Crippen LogP contribution in [-0.4, -0.2) is 28.7 Å². The molecule has 1 heterocycles.